The lowest BCUT2D eigenvalue weighted by molar-refractivity contribution is -0.129. The molecule has 0 radical (unpaired) electrons. The van der Waals surface area contributed by atoms with Crippen molar-refractivity contribution in [3.8, 4) is 0 Å². The van der Waals surface area contributed by atoms with Crippen LogP contribution in [-0.2, 0) is 11.2 Å². The number of carbonyl (C=O) groups is 1. The molecule has 18 heavy (non-hydrogen) atoms. The van der Waals surface area contributed by atoms with Crippen LogP contribution in [0.3, 0.4) is 0 Å². The summed E-state index contributed by atoms with van der Waals surface area (Å²) in [6, 6.07) is 8.39. The topological polar surface area (TPSA) is 32.3 Å². The normalized spacial score (nSPS) is 10.4. The Morgan fingerprint density at radius 2 is 1.94 bits per heavy atom. The molecule has 3 heteroatoms. The summed E-state index contributed by atoms with van der Waals surface area (Å²) in [4.78, 5) is 13.7. The van der Waals surface area contributed by atoms with Crippen LogP contribution >= 0.6 is 0 Å². The summed E-state index contributed by atoms with van der Waals surface area (Å²) in [6.07, 6.45) is 2.43. The van der Waals surface area contributed by atoms with E-state index in [9.17, 15) is 4.79 Å². The van der Waals surface area contributed by atoms with Crippen LogP contribution in [0, 0.1) is 6.92 Å². The molecule has 0 spiro atoms. The molecule has 0 unspecified atom stereocenters. The second-order valence-corrected chi connectivity index (χ2v) is 4.76. The predicted octanol–water partition coefficient (Wildman–Crippen LogP) is 2.00. The van der Waals surface area contributed by atoms with Crippen LogP contribution in [0.1, 0.15) is 24.0 Å². The van der Waals surface area contributed by atoms with Crippen LogP contribution in [0.4, 0.5) is 0 Å². The number of hydrogen-bond donors (Lipinski definition) is 1. The SMILES string of the molecule is CNCCCN(C)C(=O)CCc1ccc(C)cc1. The molecule has 0 atom stereocenters. The third-order valence-electron chi connectivity index (χ3n) is 3.09. The van der Waals surface area contributed by atoms with Crippen LogP contribution in [0.5, 0.6) is 0 Å². The molecular formula is C15H24N2O. The smallest absolute Gasteiger partial charge is 0.222 e. The van der Waals surface area contributed by atoms with E-state index in [0.29, 0.717) is 6.42 Å². The van der Waals surface area contributed by atoms with Gasteiger partial charge in [-0.1, -0.05) is 29.8 Å². The lowest BCUT2D eigenvalue weighted by Gasteiger charge is -2.17. The van der Waals surface area contributed by atoms with Crippen molar-refractivity contribution in [3.05, 3.63) is 35.4 Å². The van der Waals surface area contributed by atoms with Crippen molar-refractivity contribution in [2.24, 2.45) is 0 Å². The Morgan fingerprint density at radius 1 is 1.28 bits per heavy atom. The Hall–Kier alpha value is -1.35. The van der Waals surface area contributed by atoms with Gasteiger partial charge in [-0.15, -0.1) is 0 Å². The second kappa shape index (κ2) is 7.88. The first kappa shape index (κ1) is 14.7. The number of nitrogens with one attached hydrogen (secondary N) is 1. The molecule has 1 aromatic rings. The van der Waals surface area contributed by atoms with Crippen molar-refractivity contribution in [2.45, 2.75) is 26.2 Å². The van der Waals surface area contributed by atoms with E-state index in [-0.39, 0.29) is 5.91 Å². The minimum absolute atomic E-state index is 0.228. The quantitative estimate of drug-likeness (QED) is 0.749. The number of nitrogens with zero attached hydrogens (tertiary/aromatic N) is 1. The Bertz CT molecular complexity index is 359. The fourth-order valence-corrected chi connectivity index (χ4v) is 1.81. The molecule has 1 aromatic carbocycles. The molecule has 0 bridgehead atoms. The molecular weight excluding hydrogens is 224 g/mol. The Balaban J connectivity index is 2.29. The number of hydrogen-bond acceptors (Lipinski definition) is 2. The van der Waals surface area contributed by atoms with Gasteiger partial charge in [-0.05, 0) is 38.9 Å². The van der Waals surface area contributed by atoms with Crippen LogP contribution in [0.2, 0.25) is 0 Å². The van der Waals surface area contributed by atoms with Crippen molar-refractivity contribution in [1.82, 2.24) is 10.2 Å². The number of rotatable bonds is 7. The zero-order chi connectivity index (χ0) is 13.4. The van der Waals surface area contributed by atoms with Gasteiger partial charge >= 0.3 is 0 Å². The summed E-state index contributed by atoms with van der Waals surface area (Å²) in [5.41, 5.74) is 2.49. The van der Waals surface area contributed by atoms with Gasteiger partial charge in [0, 0.05) is 20.0 Å². The maximum Gasteiger partial charge on any atom is 0.222 e. The maximum atomic E-state index is 11.9. The third-order valence-corrected chi connectivity index (χ3v) is 3.09. The highest BCUT2D eigenvalue weighted by Crippen LogP contribution is 2.07. The van der Waals surface area contributed by atoms with Crippen LogP contribution in [-0.4, -0.2) is 38.0 Å². The fraction of sp³-hybridized carbons (Fsp3) is 0.533. The average molecular weight is 248 g/mol. The Kier molecular flexibility index (Phi) is 6.44. The lowest BCUT2D eigenvalue weighted by Crippen LogP contribution is -2.29. The molecule has 0 aliphatic carbocycles. The molecule has 100 valence electrons. The van der Waals surface area contributed by atoms with Crippen molar-refractivity contribution < 1.29 is 4.79 Å². The summed E-state index contributed by atoms with van der Waals surface area (Å²) < 4.78 is 0. The average Bonchev–Trinajstić information content (AvgIpc) is 2.38. The van der Waals surface area contributed by atoms with Gasteiger partial charge in [-0.3, -0.25) is 4.79 Å². The molecule has 3 nitrogen and oxygen atoms in total. The van der Waals surface area contributed by atoms with Gasteiger partial charge in [0.15, 0.2) is 0 Å². The highest BCUT2D eigenvalue weighted by atomic mass is 16.2. The monoisotopic (exact) mass is 248 g/mol. The highest BCUT2D eigenvalue weighted by molar-refractivity contribution is 5.76. The summed E-state index contributed by atoms with van der Waals surface area (Å²) in [7, 11) is 3.81. The fourth-order valence-electron chi connectivity index (χ4n) is 1.81. The van der Waals surface area contributed by atoms with Crippen molar-refractivity contribution in [2.75, 3.05) is 27.2 Å². The molecule has 1 amide bonds. The van der Waals surface area contributed by atoms with Crippen molar-refractivity contribution >= 4 is 5.91 Å². The van der Waals surface area contributed by atoms with E-state index in [2.05, 4.69) is 36.5 Å². The highest BCUT2D eigenvalue weighted by Gasteiger charge is 2.07. The summed E-state index contributed by atoms with van der Waals surface area (Å²) in [6.45, 7) is 3.85. The van der Waals surface area contributed by atoms with E-state index < -0.39 is 0 Å². The van der Waals surface area contributed by atoms with E-state index in [1.165, 1.54) is 11.1 Å². The minimum atomic E-state index is 0.228. The van der Waals surface area contributed by atoms with Gasteiger partial charge in [0.25, 0.3) is 0 Å². The molecule has 0 aromatic heterocycles. The third kappa shape index (κ3) is 5.32. The van der Waals surface area contributed by atoms with Crippen LogP contribution < -0.4 is 5.32 Å². The van der Waals surface area contributed by atoms with Gasteiger partial charge in [0.1, 0.15) is 0 Å². The number of carbonyl (C=O) groups excluding carboxylic acids is 1. The summed E-state index contributed by atoms with van der Waals surface area (Å²) in [5, 5.41) is 3.09. The second-order valence-electron chi connectivity index (χ2n) is 4.76. The largest absolute Gasteiger partial charge is 0.346 e. The van der Waals surface area contributed by atoms with Crippen molar-refractivity contribution in [3.63, 3.8) is 0 Å². The van der Waals surface area contributed by atoms with E-state index in [0.717, 1.165) is 25.9 Å². The first-order chi connectivity index (χ1) is 8.63. The molecule has 0 aliphatic heterocycles. The van der Waals surface area contributed by atoms with Gasteiger partial charge < -0.3 is 10.2 Å². The molecule has 0 aliphatic rings. The maximum absolute atomic E-state index is 11.9. The Labute approximate surface area is 110 Å². The van der Waals surface area contributed by atoms with Gasteiger partial charge in [-0.25, -0.2) is 0 Å². The van der Waals surface area contributed by atoms with Crippen molar-refractivity contribution in [1.29, 1.82) is 0 Å². The molecule has 1 rings (SSSR count). The number of amides is 1. The number of aryl methyl sites for hydroxylation is 2. The van der Waals surface area contributed by atoms with Crippen LogP contribution in [0.25, 0.3) is 0 Å². The van der Waals surface area contributed by atoms with Gasteiger partial charge in [0.05, 0.1) is 0 Å². The molecule has 0 saturated heterocycles. The predicted molar refractivity (Wildman–Crippen MR) is 75.7 cm³/mol. The van der Waals surface area contributed by atoms with Crippen LogP contribution in [0.15, 0.2) is 24.3 Å². The van der Waals surface area contributed by atoms with E-state index in [1.807, 2.05) is 19.0 Å². The van der Waals surface area contributed by atoms with E-state index in [1.54, 1.807) is 0 Å². The molecule has 0 saturated carbocycles. The lowest BCUT2D eigenvalue weighted by atomic mass is 10.1. The molecule has 0 fully saturated rings. The van der Waals surface area contributed by atoms with E-state index in [4.69, 9.17) is 0 Å². The summed E-state index contributed by atoms with van der Waals surface area (Å²) >= 11 is 0. The number of benzene rings is 1. The van der Waals surface area contributed by atoms with Gasteiger partial charge in [-0.2, -0.15) is 0 Å². The molecule has 1 N–H and O–H groups in total. The van der Waals surface area contributed by atoms with Gasteiger partial charge in [0.2, 0.25) is 5.91 Å². The summed E-state index contributed by atoms with van der Waals surface area (Å²) in [5.74, 6) is 0.228. The zero-order valence-electron chi connectivity index (χ0n) is 11.7. The first-order valence-corrected chi connectivity index (χ1v) is 6.57. The Morgan fingerprint density at radius 3 is 2.56 bits per heavy atom. The zero-order valence-corrected chi connectivity index (χ0v) is 11.7. The standard InChI is InChI=1S/C15H24N2O/c1-13-5-7-14(8-6-13)9-10-15(18)17(3)12-4-11-16-2/h5-8,16H,4,9-12H2,1-3H3. The first-order valence-electron chi connectivity index (χ1n) is 6.57. The molecule has 0 heterocycles. The van der Waals surface area contributed by atoms with E-state index >= 15 is 0 Å². The minimum Gasteiger partial charge on any atom is -0.346 e.